The molecule has 1 aliphatic rings. The third-order valence-electron chi connectivity index (χ3n) is 5.29. The second-order valence-electron chi connectivity index (χ2n) is 7.69. The molecule has 0 heterocycles. The van der Waals surface area contributed by atoms with Crippen molar-refractivity contribution in [3.05, 3.63) is 71.0 Å². The largest absolute Gasteiger partial charge is 0.368 e. The monoisotopic (exact) mass is 425 g/mol. The number of guanidine groups is 1. The molecule has 0 aliphatic heterocycles. The van der Waals surface area contributed by atoms with Gasteiger partial charge in [-0.15, -0.1) is 0 Å². The summed E-state index contributed by atoms with van der Waals surface area (Å²) in [6, 6.07) is 13.8. The minimum Gasteiger partial charge on any atom is -0.368 e. The van der Waals surface area contributed by atoms with E-state index in [2.05, 4.69) is 20.9 Å². The summed E-state index contributed by atoms with van der Waals surface area (Å²) in [5.74, 6) is -0.464. The zero-order valence-electron chi connectivity index (χ0n) is 17.6. The molecule has 0 saturated heterocycles. The van der Waals surface area contributed by atoms with E-state index in [1.54, 1.807) is 24.3 Å². The highest BCUT2D eigenvalue weighted by Crippen LogP contribution is 2.47. The SMILES string of the molecule is CCNC(=NCc1ccc(C(=O)NCC(N)=O)cc1)NCC1(c2cccc(F)c2)CC1. The van der Waals surface area contributed by atoms with Crippen molar-refractivity contribution in [1.29, 1.82) is 0 Å². The Kier molecular flexibility index (Phi) is 7.23. The van der Waals surface area contributed by atoms with Gasteiger partial charge in [-0.3, -0.25) is 9.59 Å². The molecule has 0 atom stereocenters. The van der Waals surface area contributed by atoms with Crippen LogP contribution in [0.15, 0.2) is 53.5 Å². The molecule has 8 heteroatoms. The summed E-state index contributed by atoms with van der Waals surface area (Å²) in [7, 11) is 0. The van der Waals surface area contributed by atoms with E-state index in [4.69, 9.17) is 5.73 Å². The number of aliphatic imine (C=N–C) groups is 1. The van der Waals surface area contributed by atoms with Crippen LogP contribution in [0.2, 0.25) is 0 Å². The van der Waals surface area contributed by atoms with Crippen molar-refractivity contribution < 1.29 is 14.0 Å². The highest BCUT2D eigenvalue weighted by Gasteiger charge is 2.44. The zero-order chi connectivity index (χ0) is 22.3. The minimum atomic E-state index is -0.590. The number of carbonyl (C=O) groups excluding carboxylic acids is 2. The van der Waals surface area contributed by atoms with E-state index in [1.807, 2.05) is 25.1 Å². The van der Waals surface area contributed by atoms with Crippen LogP contribution in [0.25, 0.3) is 0 Å². The predicted molar refractivity (Wildman–Crippen MR) is 118 cm³/mol. The first-order valence-corrected chi connectivity index (χ1v) is 10.4. The lowest BCUT2D eigenvalue weighted by Gasteiger charge is -2.19. The molecule has 2 amide bonds. The molecule has 5 N–H and O–H groups in total. The van der Waals surface area contributed by atoms with E-state index < -0.39 is 5.91 Å². The second-order valence-corrected chi connectivity index (χ2v) is 7.69. The number of rotatable bonds is 9. The summed E-state index contributed by atoms with van der Waals surface area (Å²) in [5.41, 5.74) is 7.39. The Morgan fingerprint density at radius 3 is 2.45 bits per heavy atom. The number of benzene rings is 2. The van der Waals surface area contributed by atoms with Crippen molar-refractivity contribution in [3.63, 3.8) is 0 Å². The lowest BCUT2D eigenvalue weighted by atomic mass is 9.96. The number of primary amides is 1. The second kappa shape index (κ2) is 10.1. The molecule has 0 radical (unpaired) electrons. The smallest absolute Gasteiger partial charge is 0.251 e. The van der Waals surface area contributed by atoms with Crippen molar-refractivity contribution in [2.45, 2.75) is 31.7 Å². The molecule has 0 bridgehead atoms. The van der Waals surface area contributed by atoms with Crippen LogP contribution in [0.5, 0.6) is 0 Å². The number of carbonyl (C=O) groups is 2. The van der Waals surface area contributed by atoms with Gasteiger partial charge in [-0.05, 0) is 55.2 Å². The van der Waals surface area contributed by atoms with Crippen LogP contribution in [-0.2, 0) is 16.8 Å². The van der Waals surface area contributed by atoms with Gasteiger partial charge in [0.25, 0.3) is 5.91 Å². The number of hydrogen-bond acceptors (Lipinski definition) is 3. The highest BCUT2D eigenvalue weighted by atomic mass is 19.1. The van der Waals surface area contributed by atoms with E-state index in [-0.39, 0.29) is 23.7 Å². The lowest BCUT2D eigenvalue weighted by Crippen LogP contribution is -2.41. The normalized spacial score (nSPS) is 14.6. The molecular formula is C23H28FN5O2. The summed E-state index contributed by atoms with van der Waals surface area (Å²) in [6.45, 7) is 3.64. The third kappa shape index (κ3) is 6.28. The number of halogens is 1. The predicted octanol–water partition coefficient (Wildman–Crippen LogP) is 1.83. The van der Waals surface area contributed by atoms with E-state index in [0.29, 0.717) is 24.6 Å². The Balaban J connectivity index is 1.58. The van der Waals surface area contributed by atoms with E-state index in [0.717, 1.165) is 30.5 Å². The zero-order valence-corrected chi connectivity index (χ0v) is 17.6. The first kappa shape index (κ1) is 22.3. The number of nitrogens with two attached hydrogens (primary N) is 1. The lowest BCUT2D eigenvalue weighted by molar-refractivity contribution is -0.117. The third-order valence-corrected chi connectivity index (χ3v) is 5.29. The van der Waals surface area contributed by atoms with Crippen LogP contribution in [0.3, 0.4) is 0 Å². The fraction of sp³-hybridized carbons (Fsp3) is 0.348. The van der Waals surface area contributed by atoms with Crippen molar-refractivity contribution in [1.82, 2.24) is 16.0 Å². The standard InChI is InChI=1S/C23H28FN5O2/c1-2-26-22(29-15-23(10-11-23)18-4-3-5-19(24)12-18)28-13-16-6-8-17(9-7-16)21(31)27-14-20(25)30/h3-9,12H,2,10-11,13-15H2,1H3,(H2,25,30)(H,27,31)(H2,26,28,29). The van der Waals surface area contributed by atoms with Crippen LogP contribution in [0.1, 0.15) is 41.3 Å². The number of hydrogen-bond donors (Lipinski definition) is 4. The Morgan fingerprint density at radius 1 is 1.10 bits per heavy atom. The quantitative estimate of drug-likeness (QED) is 0.363. The molecule has 0 aromatic heterocycles. The topological polar surface area (TPSA) is 109 Å². The molecule has 7 nitrogen and oxygen atoms in total. The maximum absolute atomic E-state index is 13.6. The first-order valence-electron chi connectivity index (χ1n) is 10.4. The highest BCUT2D eigenvalue weighted by molar-refractivity contribution is 5.96. The molecule has 2 aromatic carbocycles. The van der Waals surface area contributed by atoms with Crippen LogP contribution in [0.4, 0.5) is 4.39 Å². The maximum atomic E-state index is 13.6. The molecule has 1 fully saturated rings. The Labute approximate surface area is 181 Å². The van der Waals surface area contributed by atoms with Gasteiger partial charge >= 0.3 is 0 Å². The molecule has 164 valence electrons. The van der Waals surface area contributed by atoms with Crippen LogP contribution >= 0.6 is 0 Å². The molecular weight excluding hydrogens is 397 g/mol. The fourth-order valence-electron chi connectivity index (χ4n) is 3.33. The molecule has 0 spiro atoms. The van der Waals surface area contributed by atoms with Crippen molar-refractivity contribution in [3.8, 4) is 0 Å². The Morgan fingerprint density at radius 2 is 1.84 bits per heavy atom. The molecule has 0 unspecified atom stereocenters. The van der Waals surface area contributed by atoms with Gasteiger partial charge in [0, 0.05) is 24.1 Å². The maximum Gasteiger partial charge on any atom is 0.251 e. The summed E-state index contributed by atoms with van der Waals surface area (Å²) < 4.78 is 13.6. The van der Waals surface area contributed by atoms with Gasteiger partial charge in [-0.2, -0.15) is 0 Å². The summed E-state index contributed by atoms with van der Waals surface area (Å²) in [4.78, 5) is 27.3. The molecule has 2 aromatic rings. The Bertz CT molecular complexity index is 955. The Hall–Kier alpha value is -3.42. The van der Waals surface area contributed by atoms with E-state index >= 15 is 0 Å². The van der Waals surface area contributed by atoms with Crippen molar-refractivity contribution >= 4 is 17.8 Å². The average Bonchev–Trinajstić information content (AvgIpc) is 3.55. The molecule has 3 rings (SSSR count). The van der Waals surface area contributed by atoms with Crippen LogP contribution < -0.4 is 21.7 Å². The molecule has 1 saturated carbocycles. The van der Waals surface area contributed by atoms with Gasteiger partial charge < -0.3 is 21.7 Å². The van der Waals surface area contributed by atoms with Gasteiger partial charge in [-0.25, -0.2) is 9.38 Å². The number of nitrogens with zero attached hydrogens (tertiary/aromatic N) is 1. The van der Waals surface area contributed by atoms with Gasteiger partial charge in [0.05, 0.1) is 13.1 Å². The number of nitrogens with one attached hydrogen (secondary N) is 3. The van der Waals surface area contributed by atoms with Crippen molar-refractivity contribution in [2.24, 2.45) is 10.7 Å². The van der Waals surface area contributed by atoms with E-state index in [9.17, 15) is 14.0 Å². The van der Waals surface area contributed by atoms with Crippen LogP contribution in [-0.4, -0.2) is 37.4 Å². The number of amides is 2. The summed E-state index contributed by atoms with van der Waals surface area (Å²) in [6.07, 6.45) is 2.03. The summed E-state index contributed by atoms with van der Waals surface area (Å²) in [5, 5.41) is 9.06. The van der Waals surface area contributed by atoms with Crippen LogP contribution in [0, 0.1) is 5.82 Å². The van der Waals surface area contributed by atoms with Gasteiger partial charge in [0.2, 0.25) is 5.91 Å². The van der Waals surface area contributed by atoms with Crippen molar-refractivity contribution in [2.75, 3.05) is 19.6 Å². The van der Waals surface area contributed by atoms with Gasteiger partial charge in [-0.1, -0.05) is 24.3 Å². The molecule has 31 heavy (non-hydrogen) atoms. The van der Waals surface area contributed by atoms with Gasteiger partial charge in [0.1, 0.15) is 5.82 Å². The average molecular weight is 426 g/mol. The minimum absolute atomic E-state index is 0.0434. The van der Waals surface area contributed by atoms with Gasteiger partial charge in [0.15, 0.2) is 5.96 Å². The first-order chi connectivity index (χ1) is 14.9. The fourth-order valence-corrected chi connectivity index (χ4v) is 3.33. The molecule has 1 aliphatic carbocycles. The summed E-state index contributed by atoms with van der Waals surface area (Å²) >= 11 is 0. The van der Waals surface area contributed by atoms with E-state index in [1.165, 1.54) is 6.07 Å².